The van der Waals surface area contributed by atoms with E-state index in [2.05, 4.69) is 10.4 Å². The Hall–Kier alpha value is -1.01. The molecule has 1 aliphatic carbocycles. The molecule has 2 N–H and O–H groups in total. The van der Waals surface area contributed by atoms with Crippen molar-refractivity contribution in [2.45, 2.75) is 36.1 Å². The van der Waals surface area contributed by atoms with Crippen LogP contribution in [0.1, 0.15) is 25.7 Å². The molecule has 2 unspecified atom stereocenters. The fraction of sp³-hybridized carbons (Fsp3) is 0.692. The number of nitrogens with one attached hydrogen (secondary N) is 1. The van der Waals surface area contributed by atoms with Crippen LogP contribution in [0.15, 0.2) is 17.3 Å². The molecule has 1 aliphatic rings. The lowest BCUT2D eigenvalue weighted by Gasteiger charge is -2.30. The first-order valence-corrected chi connectivity index (χ1v) is 7.61. The topological polar surface area (TPSA) is 67.2 Å². The number of carbonyl (C=O) groups is 1. The SMILES string of the molecule is CNC1(C(=O)O)CCCC1CCSc1cnn(C)c1. The highest BCUT2D eigenvalue weighted by molar-refractivity contribution is 7.99. The van der Waals surface area contributed by atoms with Gasteiger partial charge in [0.05, 0.1) is 6.20 Å². The number of rotatable bonds is 6. The molecule has 19 heavy (non-hydrogen) atoms. The Morgan fingerprint density at radius 1 is 1.74 bits per heavy atom. The quantitative estimate of drug-likeness (QED) is 0.779. The predicted octanol–water partition coefficient (Wildman–Crippen LogP) is 1.75. The maximum atomic E-state index is 11.5. The van der Waals surface area contributed by atoms with Crippen LogP contribution in [0.3, 0.4) is 0 Å². The highest BCUT2D eigenvalue weighted by Crippen LogP contribution is 2.39. The van der Waals surface area contributed by atoms with Gasteiger partial charge in [-0.25, -0.2) is 0 Å². The minimum absolute atomic E-state index is 0.221. The predicted molar refractivity (Wildman–Crippen MR) is 75.3 cm³/mol. The third kappa shape index (κ3) is 2.95. The standard InChI is InChI=1S/C13H21N3O2S/c1-14-13(12(17)18)6-3-4-10(13)5-7-19-11-8-15-16(2)9-11/h8-10,14H,3-7H2,1-2H3,(H,17,18). The molecular formula is C13H21N3O2S. The average Bonchev–Trinajstić information content (AvgIpc) is 2.96. The molecule has 1 saturated carbocycles. The molecule has 2 rings (SSSR count). The molecular weight excluding hydrogens is 262 g/mol. The van der Waals surface area contributed by atoms with Crippen LogP contribution in [0.25, 0.3) is 0 Å². The number of likely N-dealkylation sites (N-methyl/N-ethyl adjacent to an activating group) is 1. The van der Waals surface area contributed by atoms with E-state index >= 15 is 0 Å². The summed E-state index contributed by atoms with van der Waals surface area (Å²) in [6.45, 7) is 0. The summed E-state index contributed by atoms with van der Waals surface area (Å²) in [7, 11) is 3.66. The molecule has 1 heterocycles. The van der Waals surface area contributed by atoms with Crippen LogP contribution in [-0.4, -0.2) is 39.2 Å². The Bertz CT molecular complexity index is 449. The summed E-state index contributed by atoms with van der Waals surface area (Å²) in [4.78, 5) is 12.7. The van der Waals surface area contributed by atoms with Crippen LogP contribution in [0, 0.1) is 5.92 Å². The van der Waals surface area contributed by atoms with Crippen LogP contribution in [0.5, 0.6) is 0 Å². The summed E-state index contributed by atoms with van der Waals surface area (Å²) in [5, 5.41) is 16.7. The molecule has 0 spiro atoms. The monoisotopic (exact) mass is 283 g/mol. The second-order valence-corrected chi connectivity index (χ2v) is 6.27. The summed E-state index contributed by atoms with van der Waals surface area (Å²) < 4.78 is 1.78. The third-order valence-corrected chi connectivity index (χ3v) is 5.05. The maximum Gasteiger partial charge on any atom is 0.324 e. The van der Waals surface area contributed by atoms with Gasteiger partial charge in [0, 0.05) is 18.1 Å². The zero-order valence-corrected chi connectivity index (χ0v) is 12.2. The summed E-state index contributed by atoms with van der Waals surface area (Å²) in [5.74, 6) is 0.454. The summed E-state index contributed by atoms with van der Waals surface area (Å²) >= 11 is 1.75. The van der Waals surface area contributed by atoms with E-state index in [-0.39, 0.29) is 5.92 Å². The van der Waals surface area contributed by atoms with Crippen molar-refractivity contribution in [1.82, 2.24) is 15.1 Å². The molecule has 1 aromatic heterocycles. The molecule has 1 fully saturated rings. The number of aryl methyl sites for hydroxylation is 1. The lowest BCUT2D eigenvalue weighted by atomic mass is 9.85. The van der Waals surface area contributed by atoms with E-state index in [1.54, 1.807) is 23.5 Å². The number of carboxylic acids is 1. The Kier molecular flexibility index (Phi) is 4.52. The molecule has 0 amide bonds. The number of carboxylic acid groups (broad SMARTS) is 1. The van der Waals surface area contributed by atoms with E-state index in [9.17, 15) is 9.90 Å². The third-order valence-electron chi connectivity index (χ3n) is 4.06. The van der Waals surface area contributed by atoms with E-state index < -0.39 is 11.5 Å². The van der Waals surface area contributed by atoms with Gasteiger partial charge in [0.1, 0.15) is 5.54 Å². The van der Waals surface area contributed by atoms with Crippen molar-refractivity contribution in [3.05, 3.63) is 12.4 Å². The van der Waals surface area contributed by atoms with E-state index in [1.165, 1.54) is 0 Å². The lowest BCUT2D eigenvalue weighted by molar-refractivity contribution is -0.146. The second kappa shape index (κ2) is 5.96. The first kappa shape index (κ1) is 14.4. The van der Waals surface area contributed by atoms with Crippen LogP contribution < -0.4 is 5.32 Å². The van der Waals surface area contributed by atoms with Crippen LogP contribution in [0.2, 0.25) is 0 Å². The molecule has 1 aromatic rings. The van der Waals surface area contributed by atoms with E-state index in [1.807, 2.05) is 19.4 Å². The van der Waals surface area contributed by atoms with Crippen LogP contribution >= 0.6 is 11.8 Å². The molecule has 2 atom stereocenters. The van der Waals surface area contributed by atoms with Gasteiger partial charge in [-0.1, -0.05) is 6.42 Å². The molecule has 0 aliphatic heterocycles. The highest BCUT2D eigenvalue weighted by atomic mass is 32.2. The highest BCUT2D eigenvalue weighted by Gasteiger charge is 2.47. The van der Waals surface area contributed by atoms with E-state index in [4.69, 9.17) is 0 Å². The summed E-state index contributed by atoms with van der Waals surface area (Å²) in [6, 6.07) is 0. The molecule has 6 heteroatoms. The van der Waals surface area contributed by atoms with Crippen molar-refractivity contribution >= 4 is 17.7 Å². The average molecular weight is 283 g/mol. The Balaban J connectivity index is 1.89. The van der Waals surface area contributed by atoms with E-state index in [0.29, 0.717) is 0 Å². The minimum Gasteiger partial charge on any atom is -0.480 e. The van der Waals surface area contributed by atoms with E-state index in [0.717, 1.165) is 36.3 Å². The second-order valence-electron chi connectivity index (χ2n) is 5.10. The number of aliphatic carboxylic acids is 1. The maximum absolute atomic E-state index is 11.5. The number of hydrogen-bond acceptors (Lipinski definition) is 4. The van der Waals surface area contributed by atoms with Crippen molar-refractivity contribution in [2.24, 2.45) is 13.0 Å². The fourth-order valence-corrected chi connectivity index (χ4v) is 3.97. The van der Waals surface area contributed by atoms with Gasteiger partial charge < -0.3 is 10.4 Å². The molecule has 106 valence electrons. The van der Waals surface area contributed by atoms with Crippen LogP contribution in [0.4, 0.5) is 0 Å². The number of nitrogens with zero attached hydrogens (tertiary/aromatic N) is 2. The normalized spacial score (nSPS) is 26.7. The number of hydrogen-bond donors (Lipinski definition) is 2. The number of thioether (sulfide) groups is 1. The van der Waals surface area contributed by atoms with Gasteiger partial charge >= 0.3 is 5.97 Å². The van der Waals surface area contributed by atoms with Gasteiger partial charge in [-0.15, -0.1) is 11.8 Å². The molecule has 0 saturated heterocycles. The Labute approximate surface area is 117 Å². The minimum atomic E-state index is -0.713. The van der Waals surface area contributed by atoms with Crippen molar-refractivity contribution in [2.75, 3.05) is 12.8 Å². The largest absolute Gasteiger partial charge is 0.480 e. The molecule has 0 bridgehead atoms. The fourth-order valence-electron chi connectivity index (χ4n) is 2.98. The number of aromatic nitrogens is 2. The smallest absolute Gasteiger partial charge is 0.324 e. The van der Waals surface area contributed by atoms with Gasteiger partial charge in [0.25, 0.3) is 0 Å². The van der Waals surface area contributed by atoms with Gasteiger partial charge in [-0.3, -0.25) is 9.48 Å². The molecule has 5 nitrogen and oxygen atoms in total. The van der Waals surface area contributed by atoms with Crippen LogP contribution in [-0.2, 0) is 11.8 Å². The Morgan fingerprint density at radius 2 is 2.53 bits per heavy atom. The molecule has 0 aromatic carbocycles. The first-order chi connectivity index (χ1) is 9.08. The van der Waals surface area contributed by atoms with Crippen molar-refractivity contribution < 1.29 is 9.90 Å². The van der Waals surface area contributed by atoms with Gasteiger partial charge in [-0.05, 0) is 38.0 Å². The van der Waals surface area contributed by atoms with Crippen molar-refractivity contribution in [3.63, 3.8) is 0 Å². The first-order valence-electron chi connectivity index (χ1n) is 6.62. The van der Waals surface area contributed by atoms with Crippen molar-refractivity contribution in [1.29, 1.82) is 0 Å². The summed E-state index contributed by atoms with van der Waals surface area (Å²) in [6.07, 6.45) is 7.49. The lowest BCUT2D eigenvalue weighted by Crippen LogP contribution is -2.53. The zero-order valence-electron chi connectivity index (χ0n) is 11.4. The zero-order chi connectivity index (χ0) is 13.9. The Morgan fingerprint density at radius 3 is 3.11 bits per heavy atom. The van der Waals surface area contributed by atoms with Gasteiger partial charge in [-0.2, -0.15) is 5.10 Å². The van der Waals surface area contributed by atoms with Gasteiger partial charge in [0.15, 0.2) is 0 Å². The molecule has 0 radical (unpaired) electrons. The summed E-state index contributed by atoms with van der Waals surface area (Å²) in [5.41, 5.74) is -0.713. The van der Waals surface area contributed by atoms with Gasteiger partial charge in [0.2, 0.25) is 0 Å². The van der Waals surface area contributed by atoms with Crippen molar-refractivity contribution in [3.8, 4) is 0 Å².